The zero-order chi connectivity index (χ0) is 22.0. The van der Waals surface area contributed by atoms with Crippen LogP contribution in [-0.4, -0.2) is 96.1 Å². The number of aliphatic hydroxyl groups excluding tert-OH is 4. The van der Waals surface area contributed by atoms with Crippen molar-refractivity contribution in [3.05, 3.63) is 11.8 Å². The van der Waals surface area contributed by atoms with Gasteiger partial charge in [-0.15, -0.1) is 0 Å². The van der Waals surface area contributed by atoms with Crippen LogP contribution in [0.15, 0.2) is 11.8 Å². The number of aliphatic hydroxyl groups is 4. The molecule has 10 atom stereocenters. The van der Waals surface area contributed by atoms with Gasteiger partial charge in [-0.05, 0) is 13.8 Å². The molecular weight excluding hydrogens is 404 g/mol. The van der Waals surface area contributed by atoms with Gasteiger partial charge < -0.3 is 48.8 Å². The Labute approximate surface area is 174 Å². The minimum Gasteiger partial charge on any atom is -0.471 e. The first kappa shape index (κ1) is 23.4. The summed E-state index contributed by atoms with van der Waals surface area (Å²) in [5.41, 5.74) is 0.316. The molecule has 0 aliphatic carbocycles. The number of hydrogen-bond donors (Lipinski definition) is 4. The number of esters is 1. The fourth-order valence-electron chi connectivity index (χ4n) is 4.19. The Morgan fingerprint density at radius 2 is 1.90 bits per heavy atom. The van der Waals surface area contributed by atoms with Crippen LogP contribution in [0.5, 0.6) is 0 Å². The van der Waals surface area contributed by atoms with Crippen molar-refractivity contribution in [2.24, 2.45) is 11.8 Å². The molecule has 3 rings (SSSR count). The Balaban J connectivity index is 1.82. The van der Waals surface area contributed by atoms with Crippen LogP contribution in [0.2, 0.25) is 0 Å². The number of rotatable bonds is 6. The van der Waals surface area contributed by atoms with E-state index in [-0.39, 0.29) is 5.92 Å². The zero-order valence-electron chi connectivity index (χ0n) is 17.1. The normalized spacial score (nSPS) is 43.9. The molecule has 0 amide bonds. The molecule has 2 fully saturated rings. The molecule has 3 aliphatic heterocycles. The van der Waals surface area contributed by atoms with E-state index in [2.05, 4.69) is 0 Å². The average Bonchev–Trinajstić information content (AvgIpc) is 2.73. The van der Waals surface area contributed by atoms with Gasteiger partial charge in [0.05, 0.1) is 37.6 Å². The van der Waals surface area contributed by atoms with Crippen LogP contribution in [0.3, 0.4) is 0 Å². The lowest BCUT2D eigenvalue weighted by atomic mass is 9.77. The predicted octanol–water partition coefficient (Wildman–Crippen LogP) is -1.38. The molecule has 0 aromatic heterocycles. The molecule has 11 heteroatoms. The first-order chi connectivity index (χ1) is 14.3. The molecule has 3 heterocycles. The van der Waals surface area contributed by atoms with Gasteiger partial charge in [-0.2, -0.15) is 0 Å². The minimum absolute atomic E-state index is 0.316. The molecule has 11 nitrogen and oxygen atoms in total. The van der Waals surface area contributed by atoms with Crippen molar-refractivity contribution in [1.82, 2.24) is 0 Å². The van der Waals surface area contributed by atoms with Crippen molar-refractivity contribution in [2.75, 3.05) is 20.3 Å². The van der Waals surface area contributed by atoms with E-state index in [4.69, 9.17) is 28.4 Å². The van der Waals surface area contributed by atoms with E-state index in [1.165, 1.54) is 13.4 Å². The van der Waals surface area contributed by atoms with Crippen LogP contribution in [0, 0.1) is 11.8 Å². The summed E-state index contributed by atoms with van der Waals surface area (Å²) in [6, 6.07) is 0. The van der Waals surface area contributed by atoms with Gasteiger partial charge in [0.1, 0.15) is 24.4 Å². The second-order valence-electron chi connectivity index (χ2n) is 7.55. The highest BCUT2D eigenvalue weighted by Crippen LogP contribution is 2.43. The molecule has 172 valence electrons. The van der Waals surface area contributed by atoms with Crippen molar-refractivity contribution in [2.45, 2.75) is 69.7 Å². The molecule has 4 N–H and O–H groups in total. The summed E-state index contributed by atoms with van der Waals surface area (Å²) in [7, 11) is 1.28. The van der Waals surface area contributed by atoms with Crippen molar-refractivity contribution in [3.63, 3.8) is 0 Å². The van der Waals surface area contributed by atoms with Gasteiger partial charge >= 0.3 is 5.97 Å². The van der Waals surface area contributed by atoms with E-state index in [0.29, 0.717) is 18.6 Å². The third-order valence-corrected chi connectivity index (χ3v) is 5.75. The van der Waals surface area contributed by atoms with Gasteiger partial charge in [0.15, 0.2) is 12.6 Å². The highest BCUT2D eigenvalue weighted by atomic mass is 16.8. The lowest BCUT2D eigenvalue weighted by Gasteiger charge is -2.47. The Bertz CT molecular complexity index is 624. The topological polar surface area (TPSA) is 153 Å². The van der Waals surface area contributed by atoms with Gasteiger partial charge in [0.25, 0.3) is 0 Å². The Morgan fingerprint density at radius 1 is 1.17 bits per heavy atom. The van der Waals surface area contributed by atoms with Crippen molar-refractivity contribution in [3.8, 4) is 0 Å². The summed E-state index contributed by atoms with van der Waals surface area (Å²) < 4.78 is 33.2. The number of hydrogen-bond acceptors (Lipinski definition) is 11. The van der Waals surface area contributed by atoms with Crippen LogP contribution >= 0.6 is 0 Å². The zero-order valence-corrected chi connectivity index (χ0v) is 17.1. The Morgan fingerprint density at radius 3 is 2.53 bits per heavy atom. The van der Waals surface area contributed by atoms with Crippen molar-refractivity contribution >= 4 is 5.97 Å². The third kappa shape index (κ3) is 4.48. The second-order valence-corrected chi connectivity index (χ2v) is 7.55. The van der Waals surface area contributed by atoms with Crippen LogP contribution < -0.4 is 0 Å². The molecule has 0 radical (unpaired) electrons. The number of carbonyl (C=O) groups is 1. The maximum absolute atomic E-state index is 12.3. The van der Waals surface area contributed by atoms with Gasteiger partial charge in [-0.3, -0.25) is 0 Å². The fourth-order valence-corrected chi connectivity index (χ4v) is 4.19. The summed E-state index contributed by atoms with van der Waals surface area (Å²) >= 11 is 0. The number of fused-ring (bicyclic) bond motifs is 1. The summed E-state index contributed by atoms with van der Waals surface area (Å²) in [5, 5.41) is 39.6. The number of carbonyl (C=O) groups excluding carboxylic acids is 1. The van der Waals surface area contributed by atoms with E-state index in [1.807, 2.05) is 6.92 Å². The quantitative estimate of drug-likeness (QED) is 0.366. The predicted molar refractivity (Wildman–Crippen MR) is 97.4 cm³/mol. The van der Waals surface area contributed by atoms with Crippen LogP contribution in [0.25, 0.3) is 0 Å². The standard InChI is InChI=1S/C19H30O11/c1-4-26-12-5-9-10(17(24)25-3)7-27-18(13(9)8(2)28-12)30-19-16(23)15(22)14(21)11(6-20)29-19/h7-9,11-16,18-23H,4-6H2,1-3H3/t8-,9+,11+,12+,13+,14+,15-,16+,18+,19-/m0/s1. The van der Waals surface area contributed by atoms with E-state index >= 15 is 0 Å². The SMILES string of the molecule is CCO[C@H]1C[C@@H]2C(C(=O)OC)=CO[C@H](O[C@@H]3O[C@H](CO)[C@@H](O)[C@H](O)[C@H]3O)[C@@H]2[C@H](C)O1. The van der Waals surface area contributed by atoms with E-state index in [9.17, 15) is 25.2 Å². The Hall–Kier alpha value is -1.31. The van der Waals surface area contributed by atoms with Gasteiger partial charge in [-0.1, -0.05) is 0 Å². The maximum Gasteiger partial charge on any atom is 0.337 e. The minimum atomic E-state index is -1.58. The smallest absolute Gasteiger partial charge is 0.337 e. The molecule has 0 unspecified atom stereocenters. The lowest BCUT2D eigenvalue weighted by Crippen LogP contribution is -2.61. The fraction of sp³-hybridized carbons (Fsp3) is 0.842. The van der Waals surface area contributed by atoms with E-state index in [1.54, 1.807) is 6.92 Å². The average molecular weight is 434 g/mol. The van der Waals surface area contributed by atoms with Crippen LogP contribution in [-0.2, 0) is 33.2 Å². The highest BCUT2D eigenvalue weighted by Gasteiger charge is 2.51. The molecule has 3 aliphatic rings. The number of ether oxygens (including phenoxy) is 6. The number of methoxy groups -OCH3 is 1. The van der Waals surface area contributed by atoms with Gasteiger partial charge in [0, 0.05) is 18.9 Å². The van der Waals surface area contributed by atoms with E-state index < -0.39 is 67.9 Å². The third-order valence-electron chi connectivity index (χ3n) is 5.75. The molecule has 0 aromatic rings. The monoisotopic (exact) mass is 434 g/mol. The molecule has 2 saturated heterocycles. The first-order valence-electron chi connectivity index (χ1n) is 9.99. The second kappa shape index (κ2) is 9.88. The molecule has 30 heavy (non-hydrogen) atoms. The van der Waals surface area contributed by atoms with Crippen molar-refractivity contribution in [1.29, 1.82) is 0 Å². The highest BCUT2D eigenvalue weighted by molar-refractivity contribution is 5.88. The van der Waals surface area contributed by atoms with Crippen LogP contribution in [0.4, 0.5) is 0 Å². The van der Waals surface area contributed by atoms with Crippen molar-refractivity contribution < 1.29 is 53.6 Å². The summed E-state index contributed by atoms with van der Waals surface area (Å²) in [4.78, 5) is 12.3. The maximum atomic E-state index is 12.3. The molecule has 0 aromatic carbocycles. The summed E-state index contributed by atoms with van der Waals surface area (Å²) in [6.45, 7) is 3.49. The largest absolute Gasteiger partial charge is 0.471 e. The molecule has 0 spiro atoms. The van der Waals surface area contributed by atoms with E-state index in [0.717, 1.165) is 0 Å². The molecular formula is C19H30O11. The van der Waals surface area contributed by atoms with Gasteiger partial charge in [-0.25, -0.2) is 4.79 Å². The van der Waals surface area contributed by atoms with Crippen LogP contribution in [0.1, 0.15) is 20.3 Å². The van der Waals surface area contributed by atoms with Gasteiger partial charge in [0.2, 0.25) is 6.29 Å². The molecule has 0 bridgehead atoms. The lowest BCUT2D eigenvalue weighted by molar-refractivity contribution is -0.353. The first-order valence-corrected chi connectivity index (χ1v) is 9.99. The summed E-state index contributed by atoms with van der Waals surface area (Å²) in [5.74, 6) is -1.39. The molecule has 0 saturated carbocycles. The Kier molecular flexibility index (Phi) is 7.69. The summed E-state index contributed by atoms with van der Waals surface area (Å²) in [6.07, 6.45) is -7.51.